The van der Waals surface area contributed by atoms with E-state index in [0.717, 1.165) is 19.5 Å². The predicted molar refractivity (Wildman–Crippen MR) is 67.6 cm³/mol. The first-order chi connectivity index (χ1) is 7.85. The lowest BCUT2D eigenvalue weighted by Crippen LogP contribution is -2.34. The molecule has 1 heterocycles. The summed E-state index contributed by atoms with van der Waals surface area (Å²) in [6, 6.07) is 0. The molecule has 0 aromatic rings. The Hall–Kier alpha value is -0.340. The van der Waals surface area contributed by atoms with Crippen LogP contribution in [0.4, 0.5) is 0 Å². The van der Waals surface area contributed by atoms with Crippen LogP contribution in [0.5, 0.6) is 0 Å². The highest BCUT2D eigenvalue weighted by Gasteiger charge is 2.40. The van der Waals surface area contributed by atoms with Crippen molar-refractivity contribution in [3.63, 3.8) is 0 Å². The average molecular weight is 223 g/mol. The molecule has 92 valence electrons. The van der Waals surface area contributed by atoms with Gasteiger partial charge in [0.15, 0.2) is 0 Å². The van der Waals surface area contributed by atoms with Gasteiger partial charge in [0.1, 0.15) is 0 Å². The number of ether oxygens (including phenoxy) is 1. The Labute approximate surface area is 99.4 Å². The van der Waals surface area contributed by atoms with Crippen molar-refractivity contribution in [2.75, 3.05) is 13.1 Å². The molecule has 1 saturated heterocycles. The van der Waals surface area contributed by atoms with Crippen molar-refractivity contribution in [2.24, 2.45) is 0 Å². The van der Waals surface area contributed by atoms with Crippen LogP contribution in [0.2, 0.25) is 0 Å². The molecular weight excluding hydrogens is 198 g/mol. The van der Waals surface area contributed by atoms with Gasteiger partial charge in [-0.05, 0) is 38.6 Å². The van der Waals surface area contributed by atoms with Gasteiger partial charge in [-0.2, -0.15) is 0 Å². The van der Waals surface area contributed by atoms with Crippen molar-refractivity contribution in [1.29, 1.82) is 0 Å². The maximum Gasteiger partial charge on any atom is 0.0708 e. The van der Waals surface area contributed by atoms with Gasteiger partial charge in [-0.3, -0.25) is 0 Å². The largest absolute Gasteiger partial charge is 0.370 e. The van der Waals surface area contributed by atoms with Gasteiger partial charge in [0.05, 0.1) is 11.7 Å². The summed E-state index contributed by atoms with van der Waals surface area (Å²) in [5.41, 5.74) is 0.281. The molecule has 2 nitrogen and oxygen atoms in total. The third-order valence-corrected chi connectivity index (χ3v) is 4.00. The highest BCUT2D eigenvalue weighted by Crippen LogP contribution is 2.41. The molecular formula is C14H25NO. The van der Waals surface area contributed by atoms with Gasteiger partial charge in [-0.25, -0.2) is 0 Å². The summed E-state index contributed by atoms with van der Waals surface area (Å²) in [4.78, 5) is 0. The topological polar surface area (TPSA) is 21.3 Å². The molecule has 0 aromatic heterocycles. The van der Waals surface area contributed by atoms with E-state index >= 15 is 0 Å². The summed E-state index contributed by atoms with van der Waals surface area (Å²) in [6.07, 6.45) is 12.8. The van der Waals surface area contributed by atoms with Gasteiger partial charge in [0, 0.05) is 6.54 Å². The zero-order valence-electron chi connectivity index (χ0n) is 10.3. The van der Waals surface area contributed by atoms with Gasteiger partial charge in [-0.15, -0.1) is 6.58 Å². The number of hydrogen-bond donors (Lipinski definition) is 1. The minimum atomic E-state index is 0.281. The Morgan fingerprint density at radius 2 is 2.06 bits per heavy atom. The van der Waals surface area contributed by atoms with E-state index in [-0.39, 0.29) is 5.60 Å². The first-order valence-corrected chi connectivity index (χ1v) is 6.84. The fraction of sp³-hybridized carbons (Fsp3) is 0.857. The molecule has 1 aliphatic carbocycles. The van der Waals surface area contributed by atoms with E-state index in [1.807, 2.05) is 6.08 Å². The van der Waals surface area contributed by atoms with Crippen LogP contribution < -0.4 is 5.32 Å². The van der Waals surface area contributed by atoms with E-state index in [9.17, 15) is 0 Å². The van der Waals surface area contributed by atoms with Crippen molar-refractivity contribution in [2.45, 2.75) is 63.1 Å². The average Bonchev–Trinajstić information content (AvgIpc) is 2.69. The minimum absolute atomic E-state index is 0.281. The Kier molecular flexibility index (Phi) is 4.42. The fourth-order valence-corrected chi connectivity index (χ4v) is 3.07. The molecule has 2 aliphatic rings. The number of nitrogens with one attached hydrogen (secondary N) is 1. The molecule has 2 rings (SSSR count). The summed E-state index contributed by atoms with van der Waals surface area (Å²) in [5, 5.41) is 3.45. The highest BCUT2D eigenvalue weighted by molar-refractivity contribution is 4.91. The molecule has 2 fully saturated rings. The van der Waals surface area contributed by atoms with Gasteiger partial charge in [-0.1, -0.05) is 25.3 Å². The van der Waals surface area contributed by atoms with Crippen molar-refractivity contribution in [3.8, 4) is 0 Å². The van der Waals surface area contributed by atoms with Crippen LogP contribution in [0, 0.1) is 0 Å². The van der Waals surface area contributed by atoms with Crippen LogP contribution >= 0.6 is 0 Å². The third kappa shape index (κ3) is 3.08. The third-order valence-electron chi connectivity index (χ3n) is 4.00. The van der Waals surface area contributed by atoms with E-state index in [1.54, 1.807) is 0 Å². The molecule has 1 aliphatic heterocycles. The molecule has 16 heavy (non-hydrogen) atoms. The summed E-state index contributed by atoms with van der Waals surface area (Å²) >= 11 is 0. The Balaban J connectivity index is 1.68. The first kappa shape index (κ1) is 12.1. The Morgan fingerprint density at radius 3 is 2.81 bits per heavy atom. The molecule has 2 heteroatoms. The molecule has 1 spiro atoms. The molecule has 1 N–H and O–H groups in total. The van der Waals surface area contributed by atoms with Gasteiger partial charge in [0.25, 0.3) is 0 Å². The maximum absolute atomic E-state index is 6.28. The number of rotatable bonds is 5. The summed E-state index contributed by atoms with van der Waals surface area (Å²) in [6.45, 7) is 5.79. The predicted octanol–water partition coefficient (Wildman–Crippen LogP) is 3.03. The second kappa shape index (κ2) is 5.83. The van der Waals surface area contributed by atoms with E-state index < -0.39 is 0 Å². The zero-order valence-corrected chi connectivity index (χ0v) is 10.3. The molecule has 0 radical (unpaired) electrons. The van der Waals surface area contributed by atoms with Crippen LogP contribution in [-0.2, 0) is 4.74 Å². The SMILES string of the molecule is C=CCCNCC1CCC2(CCCCC2)O1. The standard InChI is InChI=1S/C14H25NO/c1-2-3-11-15-12-13-7-10-14(16-13)8-5-4-6-9-14/h2,13,15H,1,3-12H2. The summed E-state index contributed by atoms with van der Waals surface area (Å²) < 4.78 is 6.28. The van der Waals surface area contributed by atoms with Crippen LogP contribution in [0.15, 0.2) is 12.7 Å². The van der Waals surface area contributed by atoms with Gasteiger partial charge < -0.3 is 10.1 Å². The molecule has 1 unspecified atom stereocenters. The smallest absolute Gasteiger partial charge is 0.0708 e. The summed E-state index contributed by atoms with van der Waals surface area (Å²) in [5.74, 6) is 0. The van der Waals surface area contributed by atoms with Crippen molar-refractivity contribution in [3.05, 3.63) is 12.7 Å². The second-order valence-electron chi connectivity index (χ2n) is 5.30. The van der Waals surface area contributed by atoms with Crippen LogP contribution in [-0.4, -0.2) is 24.8 Å². The lowest BCUT2D eigenvalue weighted by atomic mass is 9.83. The molecule has 0 amide bonds. The van der Waals surface area contributed by atoms with Crippen LogP contribution in [0.3, 0.4) is 0 Å². The molecule has 0 aromatic carbocycles. The molecule has 1 saturated carbocycles. The van der Waals surface area contributed by atoms with Crippen LogP contribution in [0.1, 0.15) is 51.4 Å². The maximum atomic E-state index is 6.28. The van der Waals surface area contributed by atoms with E-state index in [4.69, 9.17) is 4.74 Å². The lowest BCUT2D eigenvalue weighted by Gasteiger charge is -2.33. The normalized spacial score (nSPS) is 28.4. The first-order valence-electron chi connectivity index (χ1n) is 6.84. The van der Waals surface area contributed by atoms with E-state index in [0.29, 0.717) is 6.10 Å². The molecule has 1 atom stereocenters. The fourth-order valence-electron chi connectivity index (χ4n) is 3.07. The zero-order chi connectivity index (χ0) is 11.3. The number of hydrogen-bond acceptors (Lipinski definition) is 2. The minimum Gasteiger partial charge on any atom is -0.370 e. The van der Waals surface area contributed by atoms with Crippen molar-refractivity contribution in [1.82, 2.24) is 5.32 Å². The van der Waals surface area contributed by atoms with Crippen molar-refractivity contribution < 1.29 is 4.74 Å². The monoisotopic (exact) mass is 223 g/mol. The van der Waals surface area contributed by atoms with E-state index in [1.165, 1.54) is 44.9 Å². The van der Waals surface area contributed by atoms with Gasteiger partial charge in [0.2, 0.25) is 0 Å². The van der Waals surface area contributed by atoms with Crippen molar-refractivity contribution >= 4 is 0 Å². The Bertz CT molecular complexity index is 221. The lowest BCUT2D eigenvalue weighted by molar-refractivity contribution is -0.0622. The van der Waals surface area contributed by atoms with Crippen LogP contribution in [0.25, 0.3) is 0 Å². The van der Waals surface area contributed by atoms with Gasteiger partial charge >= 0.3 is 0 Å². The Morgan fingerprint density at radius 1 is 1.25 bits per heavy atom. The quantitative estimate of drug-likeness (QED) is 0.571. The second-order valence-corrected chi connectivity index (χ2v) is 5.30. The summed E-state index contributed by atoms with van der Waals surface area (Å²) in [7, 11) is 0. The molecule has 0 bridgehead atoms. The highest BCUT2D eigenvalue weighted by atomic mass is 16.5. The van der Waals surface area contributed by atoms with E-state index in [2.05, 4.69) is 11.9 Å².